The minimum absolute atomic E-state index is 0.364. The van der Waals surface area contributed by atoms with Crippen LogP contribution < -0.4 is 15.2 Å². The van der Waals surface area contributed by atoms with Gasteiger partial charge in [-0.2, -0.15) is 0 Å². The van der Waals surface area contributed by atoms with Crippen molar-refractivity contribution in [3.8, 4) is 11.6 Å². The molecule has 2 N–H and O–H groups in total. The molecular weight excluding hydrogens is 296 g/mol. The average Bonchev–Trinajstić information content (AvgIpc) is 2.38. The lowest BCUT2D eigenvalue weighted by molar-refractivity contribution is 0.295. The van der Waals surface area contributed by atoms with Crippen molar-refractivity contribution in [1.82, 2.24) is 4.98 Å². The number of pyridine rings is 1. The van der Waals surface area contributed by atoms with E-state index in [1.165, 1.54) is 0 Å². The first-order valence-electron chi connectivity index (χ1n) is 5.36. The van der Waals surface area contributed by atoms with Crippen LogP contribution in [0.3, 0.4) is 0 Å². The van der Waals surface area contributed by atoms with Crippen molar-refractivity contribution in [3.05, 3.63) is 46.6 Å². The van der Waals surface area contributed by atoms with Crippen LogP contribution in [-0.2, 0) is 6.61 Å². The highest BCUT2D eigenvalue weighted by atomic mass is 79.9. The second-order valence-electron chi connectivity index (χ2n) is 3.64. The maximum absolute atomic E-state index is 5.85. The quantitative estimate of drug-likeness (QED) is 0.882. The van der Waals surface area contributed by atoms with Crippen molar-refractivity contribution in [2.24, 2.45) is 0 Å². The second kappa shape index (κ2) is 5.73. The third kappa shape index (κ3) is 2.92. The Morgan fingerprint density at radius 3 is 2.89 bits per heavy atom. The van der Waals surface area contributed by atoms with E-state index in [2.05, 4.69) is 20.9 Å². The summed E-state index contributed by atoms with van der Waals surface area (Å²) in [5.41, 5.74) is 7.32. The van der Waals surface area contributed by atoms with Gasteiger partial charge < -0.3 is 15.2 Å². The molecule has 0 saturated heterocycles. The molecule has 0 spiro atoms. The molecule has 0 bridgehead atoms. The van der Waals surface area contributed by atoms with Gasteiger partial charge in [-0.05, 0) is 30.3 Å². The smallest absolute Gasteiger partial charge is 0.219 e. The lowest BCUT2D eigenvalue weighted by atomic mass is 10.2. The first-order chi connectivity index (χ1) is 8.70. The van der Waals surface area contributed by atoms with Crippen molar-refractivity contribution in [1.29, 1.82) is 0 Å². The largest absolute Gasteiger partial charge is 0.487 e. The summed E-state index contributed by atoms with van der Waals surface area (Å²) in [6.07, 6.45) is 1.68. The molecule has 0 saturated carbocycles. The van der Waals surface area contributed by atoms with Gasteiger partial charge in [-0.15, -0.1) is 0 Å². The Kier molecular flexibility index (Phi) is 4.04. The van der Waals surface area contributed by atoms with Crippen LogP contribution in [0, 0.1) is 0 Å². The fraction of sp³-hybridized carbons (Fsp3) is 0.154. The number of ether oxygens (including phenoxy) is 2. The molecule has 1 heterocycles. The Bertz CT molecular complexity index is 546. The highest BCUT2D eigenvalue weighted by Gasteiger charge is 2.06. The number of hydrogen-bond donors (Lipinski definition) is 1. The van der Waals surface area contributed by atoms with E-state index in [1.807, 2.05) is 24.3 Å². The maximum Gasteiger partial charge on any atom is 0.219 e. The second-order valence-corrected chi connectivity index (χ2v) is 4.56. The van der Waals surface area contributed by atoms with Gasteiger partial charge in [-0.25, -0.2) is 4.98 Å². The monoisotopic (exact) mass is 308 g/mol. The third-order valence-electron chi connectivity index (χ3n) is 2.40. The number of nitrogen functional groups attached to an aromatic ring is 1. The zero-order valence-electron chi connectivity index (χ0n) is 9.89. The van der Waals surface area contributed by atoms with Crippen LogP contribution in [0.5, 0.6) is 11.6 Å². The van der Waals surface area contributed by atoms with Crippen molar-refractivity contribution in [3.63, 3.8) is 0 Å². The van der Waals surface area contributed by atoms with Gasteiger partial charge in [0.1, 0.15) is 12.4 Å². The van der Waals surface area contributed by atoms with E-state index in [4.69, 9.17) is 15.2 Å². The summed E-state index contributed by atoms with van der Waals surface area (Å²) in [5.74, 6) is 1.21. The van der Waals surface area contributed by atoms with Crippen LogP contribution in [0.1, 0.15) is 5.56 Å². The molecule has 18 heavy (non-hydrogen) atoms. The number of methoxy groups -OCH3 is 1. The van der Waals surface area contributed by atoms with Crippen LogP contribution in [0.25, 0.3) is 0 Å². The molecule has 2 aromatic rings. The number of nitrogens with two attached hydrogens (primary N) is 1. The van der Waals surface area contributed by atoms with Gasteiger partial charge >= 0.3 is 0 Å². The number of aromatic nitrogens is 1. The molecule has 94 valence electrons. The van der Waals surface area contributed by atoms with E-state index in [0.29, 0.717) is 23.9 Å². The van der Waals surface area contributed by atoms with Gasteiger partial charge in [0.05, 0.1) is 18.4 Å². The zero-order valence-corrected chi connectivity index (χ0v) is 11.5. The van der Waals surface area contributed by atoms with E-state index < -0.39 is 0 Å². The lowest BCUT2D eigenvalue weighted by Crippen LogP contribution is -2.01. The molecule has 0 atom stereocenters. The summed E-state index contributed by atoms with van der Waals surface area (Å²) in [4.78, 5) is 4.11. The SMILES string of the molecule is COc1ncccc1COc1ccc(Br)cc1N. The van der Waals surface area contributed by atoms with Crippen LogP contribution >= 0.6 is 15.9 Å². The van der Waals surface area contributed by atoms with Crippen molar-refractivity contribution in [2.45, 2.75) is 6.61 Å². The van der Waals surface area contributed by atoms with Crippen LogP contribution in [0.4, 0.5) is 5.69 Å². The van der Waals surface area contributed by atoms with E-state index in [-0.39, 0.29) is 0 Å². The fourth-order valence-corrected chi connectivity index (χ4v) is 1.90. The summed E-state index contributed by atoms with van der Waals surface area (Å²) in [7, 11) is 1.58. The van der Waals surface area contributed by atoms with Gasteiger partial charge in [-0.1, -0.05) is 15.9 Å². The third-order valence-corrected chi connectivity index (χ3v) is 2.89. The Balaban J connectivity index is 2.11. The Hall–Kier alpha value is -1.75. The molecule has 0 aliphatic heterocycles. The number of halogens is 1. The van der Waals surface area contributed by atoms with E-state index in [0.717, 1.165) is 10.0 Å². The Morgan fingerprint density at radius 1 is 1.33 bits per heavy atom. The summed E-state index contributed by atoms with van der Waals surface area (Å²) in [5, 5.41) is 0. The molecule has 2 rings (SSSR count). The molecule has 0 radical (unpaired) electrons. The summed E-state index contributed by atoms with van der Waals surface area (Å²) < 4.78 is 11.7. The number of nitrogens with zero attached hydrogens (tertiary/aromatic N) is 1. The van der Waals surface area contributed by atoms with Crippen molar-refractivity contribution < 1.29 is 9.47 Å². The van der Waals surface area contributed by atoms with Gasteiger partial charge in [0.15, 0.2) is 0 Å². The standard InChI is InChI=1S/C13H13BrN2O2/c1-17-13-9(3-2-6-16-13)8-18-12-5-4-10(14)7-11(12)15/h2-7H,8,15H2,1H3. The fourth-order valence-electron chi connectivity index (χ4n) is 1.52. The molecule has 0 fully saturated rings. The van der Waals surface area contributed by atoms with Crippen LogP contribution in [-0.4, -0.2) is 12.1 Å². The number of rotatable bonds is 4. The van der Waals surface area contributed by atoms with Gasteiger partial charge in [-0.3, -0.25) is 0 Å². The van der Waals surface area contributed by atoms with Gasteiger partial charge in [0.2, 0.25) is 5.88 Å². The molecule has 4 nitrogen and oxygen atoms in total. The summed E-state index contributed by atoms with van der Waals surface area (Å²) in [6.45, 7) is 0.364. The molecule has 0 aliphatic rings. The number of benzene rings is 1. The Morgan fingerprint density at radius 2 is 2.17 bits per heavy atom. The molecule has 0 unspecified atom stereocenters. The van der Waals surface area contributed by atoms with Crippen LogP contribution in [0.15, 0.2) is 41.0 Å². The predicted molar refractivity (Wildman–Crippen MR) is 73.7 cm³/mol. The molecule has 0 aliphatic carbocycles. The molecule has 5 heteroatoms. The normalized spacial score (nSPS) is 10.1. The minimum atomic E-state index is 0.364. The first kappa shape index (κ1) is 12.7. The topological polar surface area (TPSA) is 57.4 Å². The molecule has 0 amide bonds. The van der Waals surface area contributed by atoms with E-state index in [9.17, 15) is 0 Å². The number of hydrogen-bond acceptors (Lipinski definition) is 4. The van der Waals surface area contributed by atoms with Gasteiger partial charge in [0, 0.05) is 10.7 Å². The highest BCUT2D eigenvalue weighted by Crippen LogP contribution is 2.26. The zero-order chi connectivity index (χ0) is 13.0. The highest BCUT2D eigenvalue weighted by molar-refractivity contribution is 9.10. The summed E-state index contributed by atoms with van der Waals surface area (Å²) >= 11 is 3.35. The Labute approximate surface area is 114 Å². The van der Waals surface area contributed by atoms with Gasteiger partial charge in [0.25, 0.3) is 0 Å². The average molecular weight is 309 g/mol. The molecule has 1 aromatic heterocycles. The minimum Gasteiger partial charge on any atom is -0.487 e. The van der Waals surface area contributed by atoms with Crippen molar-refractivity contribution >= 4 is 21.6 Å². The van der Waals surface area contributed by atoms with E-state index >= 15 is 0 Å². The molecule has 1 aromatic carbocycles. The summed E-state index contributed by atoms with van der Waals surface area (Å²) in [6, 6.07) is 9.25. The lowest BCUT2D eigenvalue weighted by Gasteiger charge is -2.11. The number of anilines is 1. The van der Waals surface area contributed by atoms with Crippen LogP contribution in [0.2, 0.25) is 0 Å². The molecular formula is C13H13BrN2O2. The predicted octanol–water partition coefficient (Wildman–Crippen LogP) is 3.01. The maximum atomic E-state index is 5.85. The van der Waals surface area contributed by atoms with E-state index in [1.54, 1.807) is 19.4 Å². The van der Waals surface area contributed by atoms with Crippen molar-refractivity contribution in [2.75, 3.05) is 12.8 Å². The first-order valence-corrected chi connectivity index (χ1v) is 6.15.